The second-order valence-corrected chi connectivity index (χ2v) is 11.5. The molecule has 196 valence electrons. The second kappa shape index (κ2) is 10.8. The van der Waals surface area contributed by atoms with Crippen LogP contribution in [0.25, 0.3) is 10.1 Å². The normalized spacial score (nSPS) is 12.2. The molecule has 0 fully saturated rings. The number of aryl methyl sites for hydroxylation is 1. The molecule has 0 atom stereocenters. The standard InChI is InChI=1S/C25H23ClF3N3O3S2/c1-2-3-12-20-30-23(26)22(24(33)31-37(34,35)15-16-8-5-4-6-9-16)32(20)13-17-14-36-19-11-7-10-18(21(17)19)25(27,28)29/h4-11,14H,2-3,12-13,15H2,1H3,(H,31,33). The first kappa shape index (κ1) is 27.2. The van der Waals surface area contributed by atoms with Crippen LogP contribution in [0.15, 0.2) is 53.9 Å². The smallest absolute Gasteiger partial charge is 0.318 e. The van der Waals surface area contributed by atoms with Crippen LogP contribution in [0.1, 0.15) is 52.8 Å². The van der Waals surface area contributed by atoms with Gasteiger partial charge in [-0.05, 0) is 35.1 Å². The summed E-state index contributed by atoms with van der Waals surface area (Å²) in [4.78, 5) is 17.5. The summed E-state index contributed by atoms with van der Waals surface area (Å²) >= 11 is 7.47. The highest BCUT2D eigenvalue weighted by Crippen LogP contribution is 2.39. The number of nitrogens with one attached hydrogen (secondary N) is 1. The lowest BCUT2D eigenvalue weighted by Gasteiger charge is -2.14. The van der Waals surface area contributed by atoms with Crippen molar-refractivity contribution >= 4 is 49.0 Å². The molecule has 0 spiro atoms. The van der Waals surface area contributed by atoms with Gasteiger partial charge in [0.2, 0.25) is 10.0 Å². The van der Waals surface area contributed by atoms with Crippen molar-refractivity contribution in [1.29, 1.82) is 0 Å². The SMILES string of the molecule is CCCCc1nc(Cl)c(C(=O)NS(=O)(=O)Cc2ccccc2)n1Cc1csc2cccc(C(F)(F)F)c12. The molecule has 0 aliphatic heterocycles. The first-order valence-corrected chi connectivity index (χ1v) is 14.3. The molecule has 12 heteroatoms. The number of fused-ring (bicyclic) bond motifs is 1. The van der Waals surface area contributed by atoms with Crippen LogP contribution >= 0.6 is 22.9 Å². The van der Waals surface area contributed by atoms with Crippen LogP contribution in [0.3, 0.4) is 0 Å². The summed E-state index contributed by atoms with van der Waals surface area (Å²) in [6, 6.07) is 12.3. The van der Waals surface area contributed by atoms with Gasteiger partial charge in [0.15, 0.2) is 5.15 Å². The number of hydrogen-bond acceptors (Lipinski definition) is 5. The Morgan fingerprint density at radius 3 is 2.54 bits per heavy atom. The number of hydrogen-bond donors (Lipinski definition) is 1. The van der Waals surface area contributed by atoms with Crippen LogP contribution in [-0.4, -0.2) is 23.9 Å². The minimum atomic E-state index is -4.57. The van der Waals surface area contributed by atoms with Crippen molar-refractivity contribution in [1.82, 2.24) is 14.3 Å². The van der Waals surface area contributed by atoms with E-state index >= 15 is 0 Å². The average Bonchev–Trinajstić information content (AvgIpc) is 3.37. The van der Waals surface area contributed by atoms with E-state index in [9.17, 15) is 26.4 Å². The van der Waals surface area contributed by atoms with Gasteiger partial charge in [-0.2, -0.15) is 13.2 Å². The lowest BCUT2D eigenvalue weighted by atomic mass is 10.1. The monoisotopic (exact) mass is 569 g/mol. The highest BCUT2D eigenvalue weighted by atomic mass is 35.5. The first-order valence-electron chi connectivity index (χ1n) is 11.4. The third-order valence-corrected chi connectivity index (χ3v) is 8.20. The Morgan fingerprint density at radius 1 is 1.14 bits per heavy atom. The van der Waals surface area contributed by atoms with Crippen molar-refractivity contribution in [3.63, 3.8) is 0 Å². The number of carbonyl (C=O) groups excluding carboxylic acids is 1. The Morgan fingerprint density at radius 2 is 1.86 bits per heavy atom. The molecule has 37 heavy (non-hydrogen) atoms. The van der Waals surface area contributed by atoms with Crippen molar-refractivity contribution in [3.8, 4) is 0 Å². The maximum Gasteiger partial charge on any atom is 0.417 e. The number of imidazole rings is 1. The molecule has 1 amide bonds. The van der Waals surface area contributed by atoms with Crippen LogP contribution in [0.4, 0.5) is 13.2 Å². The van der Waals surface area contributed by atoms with Crippen molar-refractivity contribution in [2.45, 2.75) is 44.7 Å². The van der Waals surface area contributed by atoms with E-state index < -0.39 is 33.4 Å². The Balaban J connectivity index is 1.74. The Bertz CT molecular complexity index is 1530. The van der Waals surface area contributed by atoms with Crippen LogP contribution in [0.5, 0.6) is 0 Å². The molecule has 0 unspecified atom stereocenters. The summed E-state index contributed by atoms with van der Waals surface area (Å²) in [5, 5.41) is 1.43. The van der Waals surface area contributed by atoms with Gasteiger partial charge in [-0.3, -0.25) is 4.79 Å². The van der Waals surface area contributed by atoms with Gasteiger partial charge in [-0.15, -0.1) is 11.3 Å². The highest BCUT2D eigenvalue weighted by molar-refractivity contribution is 7.89. The fourth-order valence-corrected chi connectivity index (χ4v) is 6.42. The number of aromatic nitrogens is 2. The number of benzene rings is 2. The summed E-state index contributed by atoms with van der Waals surface area (Å²) in [5.74, 6) is -1.04. The van der Waals surface area contributed by atoms with Gasteiger partial charge in [-0.1, -0.05) is 61.3 Å². The van der Waals surface area contributed by atoms with Gasteiger partial charge in [0.05, 0.1) is 17.9 Å². The fourth-order valence-electron chi connectivity index (χ4n) is 4.08. The lowest BCUT2D eigenvalue weighted by Crippen LogP contribution is -2.33. The van der Waals surface area contributed by atoms with Crippen LogP contribution in [-0.2, 0) is 34.9 Å². The Kier molecular flexibility index (Phi) is 7.96. The van der Waals surface area contributed by atoms with E-state index in [1.54, 1.807) is 41.8 Å². The molecule has 0 saturated carbocycles. The molecule has 0 saturated heterocycles. The third-order valence-electron chi connectivity index (χ3n) is 5.73. The molecular formula is C25H23ClF3N3O3S2. The quantitative estimate of drug-likeness (QED) is 0.252. The van der Waals surface area contributed by atoms with E-state index in [4.69, 9.17) is 11.6 Å². The molecular weight excluding hydrogens is 547 g/mol. The number of halogens is 4. The van der Waals surface area contributed by atoms with Gasteiger partial charge in [0.25, 0.3) is 5.91 Å². The maximum absolute atomic E-state index is 13.8. The van der Waals surface area contributed by atoms with Crippen LogP contribution in [0, 0.1) is 0 Å². The zero-order valence-corrected chi connectivity index (χ0v) is 22.1. The van der Waals surface area contributed by atoms with Crippen molar-refractivity contribution in [2.24, 2.45) is 0 Å². The lowest BCUT2D eigenvalue weighted by molar-refractivity contribution is -0.136. The summed E-state index contributed by atoms with van der Waals surface area (Å²) in [5.41, 5.74) is -0.177. The summed E-state index contributed by atoms with van der Waals surface area (Å²) in [6.07, 6.45) is -2.66. The van der Waals surface area contributed by atoms with Crippen LogP contribution < -0.4 is 4.72 Å². The minimum absolute atomic E-state index is 0.0364. The van der Waals surface area contributed by atoms with E-state index in [2.05, 4.69) is 4.98 Å². The van der Waals surface area contributed by atoms with Gasteiger partial charge in [0.1, 0.15) is 11.5 Å². The molecule has 0 bridgehead atoms. The molecule has 0 radical (unpaired) electrons. The Labute approximate surface area is 221 Å². The number of nitrogens with zero attached hydrogens (tertiary/aromatic N) is 2. The van der Waals surface area contributed by atoms with Gasteiger partial charge in [0, 0.05) is 16.5 Å². The van der Waals surface area contributed by atoms with Crippen molar-refractivity contribution in [2.75, 3.05) is 0 Å². The zero-order valence-electron chi connectivity index (χ0n) is 19.7. The molecule has 0 aliphatic rings. The van der Waals surface area contributed by atoms with E-state index in [-0.39, 0.29) is 22.8 Å². The topological polar surface area (TPSA) is 81.1 Å². The summed E-state index contributed by atoms with van der Waals surface area (Å²) in [7, 11) is -4.09. The predicted molar refractivity (Wildman–Crippen MR) is 138 cm³/mol. The summed E-state index contributed by atoms with van der Waals surface area (Å²) < 4.78 is 70.6. The molecule has 2 heterocycles. The van der Waals surface area contributed by atoms with Gasteiger partial charge < -0.3 is 4.57 Å². The fraction of sp³-hybridized carbons (Fsp3) is 0.280. The second-order valence-electron chi connectivity index (χ2n) is 8.47. The number of amides is 1. The molecule has 2 aromatic heterocycles. The van der Waals surface area contributed by atoms with Gasteiger partial charge >= 0.3 is 6.18 Å². The molecule has 2 aromatic carbocycles. The maximum atomic E-state index is 13.8. The number of alkyl halides is 3. The molecule has 0 aliphatic carbocycles. The number of unbranched alkanes of at least 4 members (excludes halogenated alkanes) is 1. The van der Waals surface area contributed by atoms with E-state index in [1.165, 1.54) is 10.6 Å². The highest BCUT2D eigenvalue weighted by Gasteiger charge is 2.34. The predicted octanol–water partition coefficient (Wildman–Crippen LogP) is 6.42. The van der Waals surface area contributed by atoms with E-state index in [0.29, 0.717) is 34.5 Å². The largest absolute Gasteiger partial charge is 0.417 e. The van der Waals surface area contributed by atoms with Crippen LogP contribution in [0.2, 0.25) is 5.15 Å². The summed E-state index contributed by atoms with van der Waals surface area (Å²) in [6.45, 7) is 1.83. The van der Waals surface area contributed by atoms with E-state index in [1.807, 2.05) is 11.6 Å². The van der Waals surface area contributed by atoms with Crippen molar-refractivity contribution < 1.29 is 26.4 Å². The molecule has 6 nitrogen and oxygen atoms in total. The number of rotatable bonds is 9. The number of thiophene rings is 1. The molecule has 4 aromatic rings. The number of sulfonamides is 1. The zero-order chi connectivity index (χ0) is 26.8. The third kappa shape index (κ3) is 6.16. The van der Waals surface area contributed by atoms with Crippen molar-refractivity contribution in [3.05, 3.63) is 87.3 Å². The molecule has 1 N–H and O–H groups in total. The number of carbonyl (C=O) groups is 1. The first-order chi connectivity index (χ1) is 17.5. The minimum Gasteiger partial charge on any atom is -0.318 e. The average molecular weight is 570 g/mol. The molecule has 4 rings (SSSR count). The van der Waals surface area contributed by atoms with Gasteiger partial charge in [-0.25, -0.2) is 18.1 Å². The Hall–Kier alpha value is -2.89. The van der Waals surface area contributed by atoms with E-state index in [0.717, 1.165) is 23.8 Å².